The molecule has 4 rings (SSSR count). The summed E-state index contributed by atoms with van der Waals surface area (Å²) in [5.41, 5.74) is 3.17. The molecule has 1 aliphatic heterocycles. The van der Waals surface area contributed by atoms with Crippen LogP contribution in [0.4, 0.5) is 5.69 Å². The van der Waals surface area contributed by atoms with E-state index in [4.69, 9.17) is 21.1 Å². The quantitative estimate of drug-likeness (QED) is 0.294. The molecular formula is C27H24ClNO5. The van der Waals surface area contributed by atoms with Crippen molar-refractivity contribution in [2.45, 2.75) is 19.9 Å². The first kappa shape index (κ1) is 23.4. The SMILES string of the molecule is COc1cc(OC)c(/C(O)=C2\C(=O)C(=O)N(c3ccccc3C)C2c2ccccc2C)cc1Cl. The van der Waals surface area contributed by atoms with Gasteiger partial charge in [-0.1, -0.05) is 54.1 Å². The maximum Gasteiger partial charge on any atom is 0.300 e. The van der Waals surface area contributed by atoms with E-state index in [1.54, 1.807) is 6.07 Å². The number of hydrogen-bond donors (Lipinski definition) is 1. The molecule has 34 heavy (non-hydrogen) atoms. The lowest BCUT2D eigenvalue weighted by Crippen LogP contribution is -2.30. The van der Waals surface area contributed by atoms with E-state index in [9.17, 15) is 14.7 Å². The van der Waals surface area contributed by atoms with Crippen LogP contribution < -0.4 is 14.4 Å². The maximum atomic E-state index is 13.4. The zero-order chi connectivity index (χ0) is 24.6. The van der Waals surface area contributed by atoms with Crippen LogP contribution in [0, 0.1) is 13.8 Å². The first-order chi connectivity index (χ1) is 16.3. The number of aliphatic hydroxyl groups is 1. The highest BCUT2D eigenvalue weighted by molar-refractivity contribution is 6.52. The molecule has 0 spiro atoms. The van der Waals surface area contributed by atoms with Gasteiger partial charge in [0.05, 0.1) is 36.4 Å². The molecule has 1 fully saturated rings. The molecule has 1 unspecified atom stereocenters. The predicted octanol–water partition coefficient (Wildman–Crippen LogP) is 5.60. The third-order valence-electron chi connectivity index (χ3n) is 6.03. The van der Waals surface area contributed by atoms with Gasteiger partial charge in [0.1, 0.15) is 17.3 Å². The standard InChI is InChI=1S/C27H24ClNO5/c1-15-9-5-7-11-17(15)24-23(25(30)18-13-19(28)22(34-4)14-21(18)33-3)26(31)27(32)29(24)20-12-8-6-10-16(20)2/h5-14,24,30H,1-4H3/b25-23+. The van der Waals surface area contributed by atoms with Gasteiger partial charge in [0.25, 0.3) is 11.7 Å². The number of carbonyl (C=O) groups is 2. The highest BCUT2D eigenvalue weighted by Gasteiger charge is 2.48. The number of benzene rings is 3. The summed E-state index contributed by atoms with van der Waals surface area (Å²) in [6.45, 7) is 3.77. The van der Waals surface area contributed by atoms with Gasteiger partial charge in [-0.2, -0.15) is 0 Å². The van der Waals surface area contributed by atoms with Crippen LogP contribution in [0.5, 0.6) is 11.5 Å². The molecular weight excluding hydrogens is 454 g/mol. The second-order valence-corrected chi connectivity index (χ2v) is 8.41. The highest BCUT2D eigenvalue weighted by atomic mass is 35.5. The van der Waals surface area contributed by atoms with Crippen molar-refractivity contribution in [2.24, 2.45) is 0 Å². The van der Waals surface area contributed by atoms with E-state index < -0.39 is 17.7 Å². The predicted molar refractivity (Wildman–Crippen MR) is 132 cm³/mol. The zero-order valence-electron chi connectivity index (χ0n) is 19.3. The Morgan fingerprint density at radius 2 is 1.53 bits per heavy atom. The monoisotopic (exact) mass is 477 g/mol. The van der Waals surface area contributed by atoms with Crippen molar-refractivity contribution < 1.29 is 24.2 Å². The van der Waals surface area contributed by atoms with Crippen LogP contribution in [0.2, 0.25) is 5.02 Å². The number of rotatable bonds is 5. The zero-order valence-corrected chi connectivity index (χ0v) is 20.0. The Kier molecular flexibility index (Phi) is 6.35. The number of hydrogen-bond acceptors (Lipinski definition) is 5. The van der Waals surface area contributed by atoms with Crippen LogP contribution in [-0.2, 0) is 9.59 Å². The first-order valence-electron chi connectivity index (χ1n) is 10.6. The van der Waals surface area contributed by atoms with Gasteiger partial charge >= 0.3 is 0 Å². The molecule has 0 saturated carbocycles. The third kappa shape index (κ3) is 3.80. The highest BCUT2D eigenvalue weighted by Crippen LogP contribution is 2.45. The number of amides is 1. The number of para-hydroxylation sites is 1. The molecule has 1 N–H and O–H groups in total. The molecule has 1 aliphatic rings. The minimum Gasteiger partial charge on any atom is -0.507 e. The van der Waals surface area contributed by atoms with Crippen molar-refractivity contribution in [2.75, 3.05) is 19.1 Å². The van der Waals surface area contributed by atoms with Crippen LogP contribution in [0.25, 0.3) is 5.76 Å². The number of aliphatic hydroxyl groups excluding tert-OH is 1. The van der Waals surface area contributed by atoms with Crippen molar-refractivity contribution in [1.82, 2.24) is 0 Å². The van der Waals surface area contributed by atoms with Crippen molar-refractivity contribution in [3.8, 4) is 11.5 Å². The van der Waals surface area contributed by atoms with Crippen LogP contribution >= 0.6 is 11.6 Å². The number of aryl methyl sites for hydroxylation is 2. The number of nitrogens with zero attached hydrogens (tertiary/aromatic N) is 1. The number of methoxy groups -OCH3 is 2. The Balaban J connectivity index is 2.03. The molecule has 1 amide bonds. The van der Waals surface area contributed by atoms with Gasteiger partial charge in [0.2, 0.25) is 0 Å². The Bertz CT molecular complexity index is 1330. The number of Topliss-reactive ketones (excluding diaryl/α,β-unsaturated/α-hetero) is 1. The molecule has 3 aromatic carbocycles. The van der Waals surface area contributed by atoms with E-state index >= 15 is 0 Å². The average molecular weight is 478 g/mol. The van der Waals surface area contributed by atoms with Crippen molar-refractivity contribution in [1.29, 1.82) is 0 Å². The Hall–Kier alpha value is -3.77. The van der Waals surface area contributed by atoms with Gasteiger partial charge in [-0.25, -0.2) is 0 Å². The Morgan fingerprint density at radius 3 is 2.15 bits per heavy atom. The minimum absolute atomic E-state index is 0.0397. The third-order valence-corrected chi connectivity index (χ3v) is 6.33. The lowest BCUT2D eigenvalue weighted by Gasteiger charge is -2.28. The number of ketones is 1. The van der Waals surface area contributed by atoms with E-state index in [0.717, 1.165) is 16.7 Å². The smallest absolute Gasteiger partial charge is 0.300 e. The van der Waals surface area contributed by atoms with E-state index in [1.165, 1.54) is 31.3 Å². The van der Waals surface area contributed by atoms with Crippen LogP contribution in [0.3, 0.4) is 0 Å². The molecule has 3 aromatic rings. The van der Waals surface area contributed by atoms with E-state index in [2.05, 4.69) is 0 Å². The molecule has 1 atom stereocenters. The van der Waals surface area contributed by atoms with Gasteiger partial charge in [0, 0.05) is 11.8 Å². The molecule has 0 bridgehead atoms. The average Bonchev–Trinajstić information content (AvgIpc) is 3.09. The van der Waals surface area contributed by atoms with Crippen molar-refractivity contribution in [3.05, 3.63) is 93.5 Å². The first-order valence-corrected chi connectivity index (χ1v) is 11.0. The lowest BCUT2D eigenvalue weighted by molar-refractivity contribution is -0.132. The second kappa shape index (κ2) is 9.23. The number of ether oxygens (including phenoxy) is 2. The molecule has 7 heteroatoms. The summed E-state index contributed by atoms with van der Waals surface area (Å²) < 4.78 is 10.7. The van der Waals surface area contributed by atoms with E-state index in [0.29, 0.717) is 11.4 Å². The fraction of sp³-hybridized carbons (Fsp3) is 0.185. The summed E-state index contributed by atoms with van der Waals surface area (Å²) in [5.74, 6) is -1.27. The van der Waals surface area contributed by atoms with Gasteiger partial charge < -0.3 is 14.6 Å². The summed E-state index contributed by atoms with van der Waals surface area (Å²) in [6.07, 6.45) is 0. The number of carbonyl (C=O) groups excluding carboxylic acids is 2. The molecule has 1 heterocycles. The van der Waals surface area contributed by atoms with E-state index in [-0.39, 0.29) is 27.7 Å². The molecule has 1 saturated heterocycles. The van der Waals surface area contributed by atoms with Crippen LogP contribution in [-0.4, -0.2) is 31.0 Å². The summed E-state index contributed by atoms with van der Waals surface area (Å²) in [4.78, 5) is 28.2. The number of anilines is 1. The molecule has 6 nitrogen and oxygen atoms in total. The topological polar surface area (TPSA) is 76.1 Å². The minimum atomic E-state index is -0.840. The van der Waals surface area contributed by atoms with Crippen LogP contribution in [0.15, 0.2) is 66.2 Å². The van der Waals surface area contributed by atoms with Crippen LogP contribution in [0.1, 0.15) is 28.3 Å². The maximum absolute atomic E-state index is 13.4. The van der Waals surface area contributed by atoms with Gasteiger partial charge in [0.15, 0.2) is 0 Å². The number of halogens is 1. The van der Waals surface area contributed by atoms with Gasteiger partial charge in [-0.05, 0) is 42.7 Å². The molecule has 0 radical (unpaired) electrons. The Morgan fingerprint density at radius 1 is 0.912 bits per heavy atom. The summed E-state index contributed by atoms with van der Waals surface area (Å²) in [5, 5.41) is 11.7. The van der Waals surface area contributed by atoms with Gasteiger partial charge in [-0.3, -0.25) is 14.5 Å². The molecule has 0 aromatic heterocycles. The largest absolute Gasteiger partial charge is 0.507 e. The Labute approximate surface area is 203 Å². The second-order valence-electron chi connectivity index (χ2n) is 8.00. The summed E-state index contributed by atoms with van der Waals surface area (Å²) in [7, 11) is 2.90. The summed E-state index contributed by atoms with van der Waals surface area (Å²) >= 11 is 6.32. The molecule has 174 valence electrons. The fourth-order valence-corrected chi connectivity index (χ4v) is 4.53. The fourth-order valence-electron chi connectivity index (χ4n) is 4.29. The lowest BCUT2D eigenvalue weighted by atomic mass is 9.92. The summed E-state index contributed by atoms with van der Waals surface area (Å²) in [6, 6.07) is 16.9. The molecule has 0 aliphatic carbocycles. The van der Waals surface area contributed by atoms with Gasteiger partial charge in [-0.15, -0.1) is 0 Å². The van der Waals surface area contributed by atoms with E-state index in [1.807, 2.05) is 56.3 Å². The van der Waals surface area contributed by atoms with Crippen molar-refractivity contribution >= 4 is 34.7 Å². The normalized spacial score (nSPS) is 17.2. The van der Waals surface area contributed by atoms with Crippen molar-refractivity contribution in [3.63, 3.8) is 0 Å².